The third-order valence-corrected chi connectivity index (χ3v) is 8.90. The maximum absolute atomic E-state index is 13.4. The molecule has 0 fully saturated rings. The number of carbonyl (C=O) groups excluding carboxylic acids is 1. The highest BCUT2D eigenvalue weighted by atomic mass is 79.9. The van der Waals surface area contributed by atoms with Gasteiger partial charge in [0, 0.05) is 27.2 Å². The van der Waals surface area contributed by atoms with Crippen LogP contribution in [0, 0.1) is 10.1 Å². The van der Waals surface area contributed by atoms with E-state index in [4.69, 9.17) is 16.3 Å². The van der Waals surface area contributed by atoms with E-state index in [9.17, 15) is 14.9 Å². The van der Waals surface area contributed by atoms with E-state index in [1.54, 1.807) is 22.3 Å². The van der Waals surface area contributed by atoms with Gasteiger partial charge in [-0.3, -0.25) is 15.0 Å². The summed E-state index contributed by atoms with van der Waals surface area (Å²) >= 11 is 13.1. The van der Waals surface area contributed by atoms with Crippen LogP contribution in [0.2, 0.25) is 5.15 Å². The predicted octanol–water partition coefficient (Wildman–Crippen LogP) is 8.65. The smallest absolute Gasteiger partial charge is 0.415 e. The summed E-state index contributed by atoms with van der Waals surface area (Å²) in [6.45, 7) is 9.62. The van der Waals surface area contributed by atoms with E-state index in [2.05, 4.69) is 20.9 Å². The fraction of sp³-hybridized carbons (Fsp3) is 0.500. The first-order valence-electron chi connectivity index (χ1n) is 11.4. The molecular weight excluding hydrogens is 574 g/mol. The Hall–Kier alpha value is -1.75. The third-order valence-electron chi connectivity index (χ3n) is 5.45. The molecule has 7 nitrogen and oxygen atoms in total. The van der Waals surface area contributed by atoms with Gasteiger partial charge in [0.05, 0.1) is 32.8 Å². The van der Waals surface area contributed by atoms with E-state index in [-0.39, 0.29) is 16.0 Å². The summed E-state index contributed by atoms with van der Waals surface area (Å²) in [6.07, 6.45) is 1.39. The molecule has 0 aliphatic heterocycles. The maximum Gasteiger partial charge on any atom is 0.415 e. The number of rotatable bonds is 9. The van der Waals surface area contributed by atoms with Crippen LogP contribution in [0.4, 0.5) is 10.5 Å². The molecule has 0 saturated carbocycles. The second-order valence-electron chi connectivity index (χ2n) is 9.22. The Morgan fingerprint density at radius 2 is 2.09 bits per heavy atom. The lowest BCUT2D eigenvalue weighted by Gasteiger charge is -2.27. The standard InChI is InChI=1S/C24H29BrClN3O4S2/c1-6-9-15(16(7-2)29(31)32)21-19(25)20-22(35-21)17(12-18(26)27-20)28(13-14-10-8-11-34-14)23(30)33-24(3,4)5/h8,10-12,15-16H,6-7,9,13H2,1-5H3. The zero-order valence-electron chi connectivity index (χ0n) is 20.3. The van der Waals surface area contributed by atoms with Crippen LogP contribution in [0.1, 0.15) is 69.6 Å². The molecule has 3 rings (SSSR count). The van der Waals surface area contributed by atoms with Crippen molar-refractivity contribution in [2.75, 3.05) is 4.90 Å². The summed E-state index contributed by atoms with van der Waals surface area (Å²) in [5.74, 6) is -0.285. The second-order valence-corrected chi connectivity index (χ2v) is 12.5. The molecule has 0 saturated heterocycles. The largest absolute Gasteiger partial charge is 0.443 e. The van der Waals surface area contributed by atoms with E-state index in [1.807, 2.05) is 52.1 Å². The van der Waals surface area contributed by atoms with Gasteiger partial charge in [0.15, 0.2) is 0 Å². The zero-order valence-corrected chi connectivity index (χ0v) is 24.3. The molecule has 190 valence electrons. The van der Waals surface area contributed by atoms with E-state index < -0.39 is 17.7 Å². The summed E-state index contributed by atoms with van der Waals surface area (Å²) < 4.78 is 7.16. The van der Waals surface area contributed by atoms with Crippen molar-refractivity contribution in [3.05, 3.63) is 53.1 Å². The molecule has 1 amide bonds. The van der Waals surface area contributed by atoms with Gasteiger partial charge >= 0.3 is 6.09 Å². The molecule has 0 aliphatic carbocycles. The van der Waals surface area contributed by atoms with Gasteiger partial charge in [-0.1, -0.05) is 37.9 Å². The Kier molecular flexibility index (Phi) is 9.17. The SMILES string of the molecule is CCCC(c1sc2c(N(Cc3cccs3)C(=O)OC(C)(C)C)cc(Cl)nc2c1Br)C(CC)[N+](=O)[O-]. The molecule has 0 aliphatic rings. The molecule has 3 aromatic rings. The topological polar surface area (TPSA) is 85.6 Å². The Morgan fingerprint density at radius 3 is 2.63 bits per heavy atom. The highest BCUT2D eigenvalue weighted by Crippen LogP contribution is 2.47. The minimum Gasteiger partial charge on any atom is -0.443 e. The van der Waals surface area contributed by atoms with Gasteiger partial charge in [0.2, 0.25) is 6.04 Å². The van der Waals surface area contributed by atoms with Crippen molar-refractivity contribution in [1.82, 2.24) is 4.98 Å². The number of halogens is 2. The number of thiophene rings is 2. The van der Waals surface area contributed by atoms with Crippen LogP contribution in [-0.2, 0) is 11.3 Å². The van der Waals surface area contributed by atoms with Gasteiger partial charge in [-0.15, -0.1) is 22.7 Å². The summed E-state index contributed by atoms with van der Waals surface area (Å²) in [6, 6.07) is 4.83. The van der Waals surface area contributed by atoms with E-state index in [0.29, 0.717) is 35.1 Å². The van der Waals surface area contributed by atoms with Crippen LogP contribution in [-0.4, -0.2) is 27.6 Å². The minimum absolute atomic E-state index is 0.192. The molecular formula is C24H29BrClN3O4S2. The summed E-state index contributed by atoms with van der Waals surface area (Å²) in [4.78, 5) is 33.0. The van der Waals surface area contributed by atoms with Crippen LogP contribution in [0.25, 0.3) is 10.2 Å². The van der Waals surface area contributed by atoms with Crippen LogP contribution in [0.3, 0.4) is 0 Å². The van der Waals surface area contributed by atoms with Crippen molar-refractivity contribution in [3.8, 4) is 0 Å². The highest BCUT2D eigenvalue weighted by molar-refractivity contribution is 9.10. The lowest BCUT2D eigenvalue weighted by Crippen LogP contribution is -2.36. The number of pyridine rings is 1. The number of nitrogens with zero attached hydrogens (tertiary/aromatic N) is 3. The lowest BCUT2D eigenvalue weighted by molar-refractivity contribution is -0.527. The van der Waals surface area contributed by atoms with E-state index in [0.717, 1.165) is 20.9 Å². The first-order chi connectivity index (χ1) is 16.5. The summed E-state index contributed by atoms with van der Waals surface area (Å²) in [5.41, 5.74) is 0.476. The molecule has 2 atom stereocenters. The minimum atomic E-state index is -0.716. The monoisotopic (exact) mass is 601 g/mol. The molecule has 0 radical (unpaired) electrons. The molecule has 3 aromatic heterocycles. The highest BCUT2D eigenvalue weighted by Gasteiger charge is 2.35. The molecule has 0 bridgehead atoms. The number of anilines is 1. The number of hydrogen-bond donors (Lipinski definition) is 0. The lowest BCUT2D eigenvalue weighted by atomic mass is 9.92. The Morgan fingerprint density at radius 1 is 1.37 bits per heavy atom. The average molecular weight is 603 g/mol. The first-order valence-corrected chi connectivity index (χ1v) is 14.3. The number of ether oxygens (including phenoxy) is 1. The Bertz CT molecular complexity index is 1190. The third kappa shape index (κ3) is 6.53. The Labute approximate surface area is 226 Å². The molecule has 0 aromatic carbocycles. The van der Waals surface area contributed by atoms with Gasteiger partial charge in [-0.05, 0) is 54.6 Å². The van der Waals surface area contributed by atoms with E-state index >= 15 is 0 Å². The zero-order chi connectivity index (χ0) is 25.9. The van der Waals surface area contributed by atoms with Gasteiger partial charge < -0.3 is 4.74 Å². The number of amides is 1. The fourth-order valence-corrected chi connectivity index (χ4v) is 7.15. The molecule has 11 heteroatoms. The predicted molar refractivity (Wildman–Crippen MR) is 148 cm³/mol. The van der Waals surface area contributed by atoms with Gasteiger partial charge in [0.25, 0.3) is 0 Å². The van der Waals surface area contributed by atoms with Crippen molar-refractivity contribution in [2.24, 2.45) is 0 Å². The van der Waals surface area contributed by atoms with Crippen LogP contribution in [0.15, 0.2) is 28.1 Å². The van der Waals surface area contributed by atoms with E-state index in [1.165, 1.54) is 11.3 Å². The molecule has 2 unspecified atom stereocenters. The molecule has 0 N–H and O–H groups in total. The normalized spacial score (nSPS) is 13.6. The molecule has 35 heavy (non-hydrogen) atoms. The number of aromatic nitrogens is 1. The van der Waals surface area contributed by atoms with Crippen LogP contribution < -0.4 is 4.90 Å². The summed E-state index contributed by atoms with van der Waals surface area (Å²) in [5, 5.41) is 14.0. The quantitative estimate of drug-likeness (QED) is 0.139. The van der Waals surface area contributed by atoms with Crippen molar-refractivity contribution < 1.29 is 14.5 Å². The molecule has 0 spiro atoms. The number of carbonyl (C=O) groups is 1. The maximum atomic E-state index is 13.4. The van der Waals surface area contributed by atoms with Crippen molar-refractivity contribution in [2.45, 2.75) is 78.0 Å². The van der Waals surface area contributed by atoms with Crippen LogP contribution >= 0.6 is 50.2 Å². The van der Waals surface area contributed by atoms with Crippen LogP contribution in [0.5, 0.6) is 0 Å². The molecule has 3 heterocycles. The van der Waals surface area contributed by atoms with Gasteiger partial charge in [0.1, 0.15) is 10.8 Å². The van der Waals surface area contributed by atoms with Crippen molar-refractivity contribution in [3.63, 3.8) is 0 Å². The Balaban J connectivity index is 2.21. The number of nitro groups is 1. The fourth-order valence-electron chi connectivity index (χ4n) is 3.96. The number of fused-ring (bicyclic) bond motifs is 1. The van der Waals surface area contributed by atoms with Gasteiger partial charge in [-0.2, -0.15) is 0 Å². The summed E-state index contributed by atoms with van der Waals surface area (Å²) in [7, 11) is 0. The number of hydrogen-bond acceptors (Lipinski definition) is 7. The average Bonchev–Trinajstić information content (AvgIpc) is 3.38. The first kappa shape index (κ1) is 27.8. The van der Waals surface area contributed by atoms with Gasteiger partial charge in [-0.25, -0.2) is 9.78 Å². The second kappa shape index (κ2) is 11.5. The van der Waals surface area contributed by atoms with Crippen molar-refractivity contribution in [1.29, 1.82) is 0 Å². The van der Waals surface area contributed by atoms with Crippen molar-refractivity contribution >= 4 is 72.2 Å².